The maximum absolute atomic E-state index is 12.6. The number of rotatable bonds is 3. The van der Waals surface area contributed by atoms with Gasteiger partial charge in [-0.3, -0.25) is 14.5 Å². The Morgan fingerprint density at radius 2 is 1.96 bits per heavy atom. The van der Waals surface area contributed by atoms with Gasteiger partial charge in [0.2, 0.25) is 5.91 Å². The lowest BCUT2D eigenvalue weighted by Gasteiger charge is -2.31. The lowest BCUT2D eigenvalue weighted by atomic mass is 9.82. The van der Waals surface area contributed by atoms with Crippen LogP contribution in [0.15, 0.2) is 0 Å². The van der Waals surface area contributed by atoms with Gasteiger partial charge in [0.05, 0.1) is 0 Å². The fourth-order valence-electron chi connectivity index (χ4n) is 3.95. The fraction of sp³-hybridized carbons (Fsp3) is 0.812. The summed E-state index contributed by atoms with van der Waals surface area (Å²) in [5, 5.41) is 9.11. The van der Waals surface area contributed by atoms with Crippen molar-refractivity contribution < 1.29 is 14.4 Å². The molecule has 1 saturated carbocycles. The Bertz CT molecular complexity index is 508. The quantitative estimate of drug-likeness (QED) is 0.654. The normalized spacial score (nSPS) is 29.1. The highest BCUT2D eigenvalue weighted by molar-refractivity contribution is 6.09. The summed E-state index contributed by atoms with van der Waals surface area (Å²) in [6, 6.07) is -0.164. The van der Waals surface area contributed by atoms with Crippen molar-refractivity contribution in [2.24, 2.45) is 0 Å². The summed E-state index contributed by atoms with van der Waals surface area (Å²) < 4.78 is 0. The Labute approximate surface area is 148 Å². The minimum absolute atomic E-state index is 0. The summed E-state index contributed by atoms with van der Waals surface area (Å²) in [4.78, 5) is 38.1. The molecule has 8 heteroatoms. The number of nitrogens with zero attached hydrogens (tertiary/aromatic N) is 1. The molecule has 2 aliphatic heterocycles. The van der Waals surface area contributed by atoms with Crippen molar-refractivity contribution >= 4 is 30.3 Å². The van der Waals surface area contributed by atoms with Crippen molar-refractivity contribution in [1.29, 1.82) is 0 Å². The Hall–Kier alpha value is -1.34. The Balaban J connectivity index is 0.00000208. The average Bonchev–Trinajstić information content (AvgIpc) is 2.75. The van der Waals surface area contributed by atoms with E-state index in [9.17, 15) is 14.4 Å². The van der Waals surface area contributed by atoms with E-state index in [1.807, 2.05) is 6.92 Å². The molecule has 1 aliphatic carbocycles. The van der Waals surface area contributed by atoms with Gasteiger partial charge in [-0.1, -0.05) is 19.3 Å². The van der Waals surface area contributed by atoms with E-state index in [2.05, 4.69) is 16.0 Å². The van der Waals surface area contributed by atoms with E-state index in [4.69, 9.17) is 0 Å². The van der Waals surface area contributed by atoms with Crippen LogP contribution < -0.4 is 16.0 Å². The highest BCUT2D eigenvalue weighted by atomic mass is 35.5. The van der Waals surface area contributed by atoms with E-state index < -0.39 is 11.6 Å². The zero-order valence-corrected chi connectivity index (χ0v) is 14.9. The van der Waals surface area contributed by atoms with Crippen molar-refractivity contribution in [1.82, 2.24) is 20.9 Å². The number of piperidine rings is 1. The van der Waals surface area contributed by atoms with Crippen molar-refractivity contribution in [3.63, 3.8) is 0 Å². The summed E-state index contributed by atoms with van der Waals surface area (Å²) in [6.45, 7) is 2.81. The number of nitrogens with one attached hydrogen (secondary N) is 3. The van der Waals surface area contributed by atoms with E-state index in [0.29, 0.717) is 12.8 Å². The number of halogens is 1. The number of carbonyl (C=O) groups is 3. The molecule has 136 valence electrons. The minimum Gasteiger partial charge on any atom is -0.350 e. The SMILES string of the molecule is CC1NCCCC1NC(=O)CN1C(=O)NC2(CCCCC2)C1=O.Cl. The van der Waals surface area contributed by atoms with Crippen molar-refractivity contribution in [3.05, 3.63) is 0 Å². The molecule has 3 rings (SSSR count). The second-order valence-electron chi connectivity index (χ2n) is 7.02. The van der Waals surface area contributed by atoms with Crippen molar-refractivity contribution in [3.8, 4) is 0 Å². The second kappa shape index (κ2) is 7.70. The number of hydrogen-bond acceptors (Lipinski definition) is 4. The van der Waals surface area contributed by atoms with Crippen LogP contribution in [0.25, 0.3) is 0 Å². The molecule has 0 aromatic heterocycles. The Morgan fingerprint density at radius 1 is 1.25 bits per heavy atom. The first kappa shape index (κ1) is 19.0. The van der Waals surface area contributed by atoms with Crippen LogP contribution in [0.4, 0.5) is 4.79 Å². The number of hydrogen-bond donors (Lipinski definition) is 3. The molecular weight excluding hydrogens is 332 g/mol. The standard InChI is InChI=1S/C16H26N4O3.ClH/c1-11-12(6-5-9-17-11)18-13(21)10-20-14(22)16(19-15(20)23)7-3-2-4-8-16;/h11-12,17H,2-10H2,1H3,(H,18,21)(H,19,23);1H. The topological polar surface area (TPSA) is 90.5 Å². The molecule has 7 nitrogen and oxygen atoms in total. The molecule has 2 unspecified atom stereocenters. The molecular formula is C16H27ClN4O3. The van der Waals surface area contributed by atoms with Gasteiger partial charge in [-0.15, -0.1) is 12.4 Å². The van der Waals surface area contributed by atoms with Gasteiger partial charge in [0.25, 0.3) is 5.91 Å². The van der Waals surface area contributed by atoms with Crippen LogP contribution in [-0.2, 0) is 9.59 Å². The van der Waals surface area contributed by atoms with E-state index in [-0.39, 0.29) is 42.8 Å². The average molecular weight is 359 g/mol. The van der Waals surface area contributed by atoms with E-state index in [0.717, 1.165) is 43.5 Å². The molecule has 2 atom stereocenters. The van der Waals surface area contributed by atoms with Gasteiger partial charge in [0.1, 0.15) is 12.1 Å². The molecule has 0 radical (unpaired) electrons. The molecule has 3 aliphatic rings. The molecule has 0 aromatic carbocycles. The van der Waals surface area contributed by atoms with Crippen LogP contribution in [-0.4, -0.2) is 53.5 Å². The largest absolute Gasteiger partial charge is 0.350 e. The minimum atomic E-state index is -0.755. The number of amides is 4. The zero-order valence-electron chi connectivity index (χ0n) is 14.1. The highest BCUT2D eigenvalue weighted by Gasteiger charge is 2.51. The first-order valence-corrected chi connectivity index (χ1v) is 8.69. The fourth-order valence-corrected chi connectivity index (χ4v) is 3.95. The zero-order chi connectivity index (χ0) is 16.4. The molecule has 2 saturated heterocycles. The molecule has 24 heavy (non-hydrogen) atoms. The maximum atomic E-state index is 12.6. The van der Waals surface area contributed by atoms with E-state index in [1.54, 1.807) is 0 Å². The van der Waals surface area contributed by atoms with Crippen LogP contribution in [0.1, 0.15) is 51.9 Å². The van der Waals surface area contributed by atoms with Crippen LogP contribution >= 0.6 is 12.4 Å². The Kier molecular flexibility index (Phi) is 6.09. The molecule has 0 bridgehead atoms. The van der Waals surface area contributed by atoms with Gasteiger partial charge in [0.15, 0.2) is 0 Å². The van der Waals surface area contributed by atoms with E-state index in [1.165, 1.54) is 0 Å². The Morgan fingerprint density at radius 3 is 2.62 bits per heavy atom. The maximum Gasteiger partial charge on any atom is 0.325 e. The summed E-state index contributed by atoms with van der Waals surface area (Å²) in [7, 11) is 0. The van der Waals surface area contributed by atoms with Crippen LogP contribution in [0, 0.1) is 0 Å². The molecule has 3 fully saturated rings. The number of urea groups is 1. The predicted octanol–water partition coefficient (Wildman–Crippen LogP) is 0.920. The third-order valence-corrected chi connectivity index (χ3v) is 5.36. The van der Waals surface area contributed by atoms with E-state index >= 15 is 0 Å². The van der Waals surface area contributed by atoms with Gasteiger partial charge in [0, 0.05) is 12.1 Å². The van der Waals surface area contributed by atoms with Crippen molar-refractivity contribution in [2.45, 2.75) is 69.5 Å². The molecule has 0 aromatic rings. The van der Waals surface area contributed by atoms with Crippen LogP contribution in [0.5, 0.6) is 0 Å². The smallest absolute Gasteiger partial charge is 0.325 e. The second-order valence-corrected chi connectivity index (χ2v) is 7.02. The third kappa shape index (κ3) is 3.67. The lowest BCUT2D eigenvalue weighted by molar-refractivity contribution is -0.136. The van der Waals surface area contributed by atoms with Gasteiger partial charge >= 0.3 is 6.03 Å². The monoisotopic (exact) mass is 358 g/mol. The van der Waals surface area contributed by atoms with Crippen LogP contribution in [0.3, 0.4) is 0 Å². The third-order valence-electron chi connectivity index (χ3n) is 5.36. The first-order valence-electron chi connectivity index (χ1n) is 8.69. The summed E-state index contributed by atoms with van der Waals surface area (Å²) in [5.41, 5.74) is -0.755. The summed E-state index contributed by atoms with van der Waals surface area (Å²) in [5.74, 6) is -0.492. The van der Waals surface area contributed by atoms with Crippen LogP contribution in [0.2, 0.25) is 0 Å². The van der Waals surface area contributed by atoms with Gasteiger partial charge in [-0.05, 0) is 39.2 Å². The number of imide groups is 1. The number of carbonyl (C=O) groups excluding carboxylic acids is 3. The summed E-state index contributed by atoms with van der Waals surface area (Å²) in [6.07, 6.45) is 6.27. The molecule has 1 spiro atoms. The van der Waals surface area contributed by atoms with Gasteiger partial charge in [-0.25, -0.2) is 4.79 Å². The van der Waals surface area contributed by atoms with Gasteiger partial charge < -0.3 is 16.0 Å². The molecule has 4 amide bonds. The first-order chi connectivity index (χ1) is 11.0. The molecule has 3 N–H and O–H groups in total. The lowest BCUT2D eigenvalue weighted by Crippen LogP contribution is -2.54. The predicted molar refractivity (Wildman–Crippen MR) is 91.9 cm³/mol. The molecule has 2 heterocycles. The highest BCUT2D eigenvalue weighted by Crippen LogP contribution is 2.33. The summed E-state index contributed by atoms with van der Waals surface area (Å²) >= 11 is 0. The van der Waals surface area contributed by atoms with Gasteiger partial charge in [-0.2, -0.15) is 0 Å². The van der Waals surface area contributed by atoms with Crippen molar-refractivity contribution in [2.75, 3.05) is 13.1 Å².